The van der Waals surface area contributed by atoms with Gasteiger partial charge in [0.2, 0.25) is 0 Å². The number of allylic oxidation sites excluding steroid dienone is 4. The maximum Gasteiger partial charge on any atom is 0.306 e. The largest absolute Gasteiger partial charge is 0.462 e. The second kappa shape index (κ2) is 51.7. The van der Waals surface area contributed by atoms with Crippen LogP contribution in [0.1, 0.15) is 290 Å². The van der Waals surface area contributed by atoms with Crippen LogP contribution in [0.2, 0.25) is 0 Å². The summed E-state index contributed by atoms with van der Waals surface area (Å²) in [6.07, 6.45) is 60.5. The summed E-state index contributed by atoms with van der Waals surface area (Å²) in [7, 11) is 0. The quantitative estimate of drug-likeness (QED) is 0.0347. The van der Waals surface area contributed by atoms with Crippen molar-refractivity contribution in [3.63, 3.8) is 0 Å². The van der Waals surface area contributed by atoms with E-state index in [2.05, 4.69) is 45.1 Å². The first-order chi connectivity index (χ1) is 29.6. The van der Waals surface area contributed by atoms with Gasteiger partial charge in [-0.3, -0.25) is 9.59 Å². The minimum absolute atomic E-state index is 0.0893. The van der Waals surface area contributed by atoms with Crippen molar-refractivity contribution in [3.8, 4) is 0 Å². The Hall–Kier alpha value is -1.62. The maximum absolute atomic E-state index is 12.8. The average Bonchev–Trinajstić information content (AvgIpc) is 3.25. The number of rotatable bonds is 50. The molecule has 0 saturated carbocycles. The molecule has 354 valence electrons. The number of hydrogen-bond donors (Lipinski definition) is 0. The van der Waals surface area contributed by atoms with Crippen LogP contribution in [0.15, 0.2) is 24.3 Å². The number of hydrogen-bond acceptors (Lipinski definition) is 5. The van der Waals surface area contributed by atoms with E-state index in [9.17, 15) is 9.59 Å². The van der Waals surface area contributed by atoms with Crippen LogP contribution >= 0.6 is 0 Å². The molecular weight excluding hydrogens is 741 g/mol. The van der Waals surface area contributed by atoms with E-state index < -0.39 is 6.10 Å². The highest BCUT2D eigenvalue weighted by Crippen LogP contribution is 2.16. The lowest BCUT2D eigenvalue weighted by molar-refractivity contribution is -0.163. The van der Waals surface area contributed by atoms with Crippen molar-refractivity contribution in [3.05, 3.63) is 24.3 Å². The monoisotopic (exact) mass is 845 g/mol. The minimum Gasteiger partial charge on any atom is -0.462 e. The van der Waals surface area contributed by atoms with Crippen LogP contribution in [-0.4, -0.2) is 37.9 Å². The van der Waals surface area contributed by atoms with Gasteiger partial charge in [0, 0.05) is 19.4 Å². The molecule has 0 spiro atoms. The van der Waals surface area contributed by atoms with Crippen LogP contribution in [-0.2, 0) is 23.8 Å². The number of carbonyl (C=O) groups excluding carboxylic acids is 2. The van der Waals surface area contributed by atoms with Crippen molar-refractivity contribution in [2.24, 2.45) is 0 Å². The summed E-state index contributed by atoms with van der Waals surface area (Å²) in [6, 6.07) is 0. The van der Waals surface area contributed by atoms with Gasteiger partial charge in [-0.25, -0.2) is 0 Å². The first-order valence-corrected chi connectivity index (χ1v) is 26.9. The fourth-order valence-corrected chi connectivity index (χ4v) is 7.95. The van der Waals surface area contributed by atoms with Crippen molar-refractivity contribution in [1.29, 1.82) is 0 Å². The molecule has 0 fully saturated rings. The third-order valence-electron chi connectivity index (χ3n) is 12.0. The van der Waals surface area contributed by atoms with Crippen LogP contribution in [0.3, 0.4) is 0 Å². The molecule has 0 saturated heterocycles. The maximum atomic E-state index is 12.8. The highest BCUT2D eigenvalue weighted by atomic mass is 16.6. The van der Waals surface area contributed by atoms with Crippen LogP contribution in [0.4, 0.5) is 0 Å². The lowest BCUT2D eigenvalue weighted by Crippen LogP contribution is -2.30. The molecule has 0 heterocycles. The standard InChI is InChI=1S/C55H104O5/c1-4-7-10-13-16-19-21-23-25-27-28-30-31-33-35-37-39-42-45-48-54(56)59-52-53(51-58-50-47-44-41-18-15-12-9-6-3)60-55(57)49-46-43-40-38-36-34-32-29-26-24-22-20-17-14-11-8-5-2/h17,20,24,26,53H,4-16,18-19,21-23,25,27-52H2,1-3H3/b20-17-,26-24-. The third kappa shape index (κ3) is 49.0. The van der Waals surface area contributed by atoms with Crippen molar-refractivity contribution < 1.29 is 23.8 Å². The molecule has 0 aromatic heterocycles. The van der Waals surface area contributed by atoms with Crippen molar-refractivity contribution in [2.45, 2.75) is 297 Å². The van der Waals surface area contributed by atoms with E-state index in [0.29, 0.717) is 26.1 Å². The molecule has 0 radical (unpaired) electrons. The van der Waals surface area contributed by atoms with Gasteiger partial charge in [0.25, 0.3) is 0 Å². The Morgan fingerprint density at radius 1 is 0.367 bits per heavy atom. The van der Waals surface area contributed by atoms with Gasteiger partial charge in [-0.1, -0.05) is 251 Å². The van der Waals surface area contributed by atoms with Gasteiger partial charge < -0.3 is 14.2 Å². The van der Waals surface area contributed by atoms with Crippen LogP contribution in [0, 0.1) is 0 Å². The number of unbranched alkanes of at least 4 members (excludes halogenated alkanes) is 35. The van der Waals surface area contributed by atoms with E-state index in [-0.39, 0.29) is 18.5 Å². The average molecular weight is 845 g/mol. The molecule has 0 aliphatic carbocycles. The Balaban J connectivity index is 4.10. The SMILES string of the molecule is CCCCC/C=C\C/C=C\CCCCCCCCCC(=O)OC(COCCCCCCCCCC)COC(=O)CCCCCCCCCCCCCCCCCCCCC. The van der Waals surface area contributed by atoms with Gasteiger partial charge in [-0.05, 0) is 51.4 Å². The molecule has 0 bridgehead atoms. The molecule has 0 aromatic carbocycles. The summed E-state index contributed by atoms with van der Waals surface area (Å²) < 4.78 is 17.4. The van der Waals surface area contributed by atoms with Crippen molar-refractivity contribution in [1.82, 2.24) is 0 Å². The number of carbonyl (C=O) groups is 2. The minimum atomic E-state index is -0.531. The summed E-state index contributed by atoms with van der Waals surface area (Å²) in [5.41, 5.74) is 0. The fourth-order valence-electron chi connectivity index (χ4n) is 7.95. The van der Waals surface area contributed by atoms with E-state index in [1.165, 1.54) is 212 Å². The van der Waals surface area contributed by atoms with E-state index >= 15 is 0 Å². The van der Waals surface area contributed by atoms with Gasteiger partial charge in [-0.2, -0.15) is 0 Å². The zero-order chi connectivity index (χ0) is 43.5. The Labute approximate surface area is 375 Å². The molecule has 0 aromatic rings. The Morgan fingerprint density at radius 3 is 1.13 bits per heavy atom. The molecule has 0 aliphatic rings. The summed E-state index contributed by atoms with van der Waals surface area (Å²) in [6.45, 7) is 7.84. The molecule has 0 rings (SSSR count). The second-order valence-corrected chi connectivity index (χ2v) is 18.1. The second-order valence-electron chi connectivity index (χ2n) is 18.1. The van der Waals surface area contributed by atoms with E-state index in [4.69, 9.17) is 14.2 Å². The molecule has 5 nitrogen and oxygen atoms in total. The molecule has 1 unspecified atom stereocenters. The summed E-state index contributed by atoms with van der Waals surface area (Å²) in [5, 5.41) is 0. The smallest absolute Gasteiger partial charge is 0.306 e. The predicted molar refractivity (Wildman–Crippen MR) is 261 cm³/mol. The van der Waals surface area contributed by atoms with Crippen LogP contribution in [0.5, 0.6) is 0 Å². The van der Waals surface area contributed by atoms with Gasteiger partial charge >= 0.3 is 11.9 Å². The van der Waals surface area contributed by atoms with E-state index in [1.54, 1.807) is 0 Å². The first kappa shape index (κ1) is 58.4. The van der Waals surface area contributed by atoms with Crippen LogP contribution < -0.4 is 0 Å². The van der Waals surface area contributed by atoms with Crippen molar-refractivity contribution >= 4 is 11.9 Å². The summed E-state index contributed by atoms with van der Waals surface area (Å²) in [5.74, 6) is -0.388. The van der Waals surface area contributed by atoms with Crippen LogP contribution in [0.25, 0.3) is 0 Å². The fraction of sp³-hybridized carbons (Fsp3) is 0.891. The predicted octanol–water partition coefficient (Wildman–Crippen LogP) is 18.0. The Kier molecular flexibility index (Phi) is 50.3. The zero-order valence-corrected chi connectivity index (χ0v) is 40.7. The van der Waals surface area contributed by atoms with E-state index in [0.717, 1.165) is 44.9 Å². The van der Waals surface area contributed by atoms with E-state index in [1.807, 2.05) is 0 Å². The topological polar surface area (TPSA) is 61.8 Å². The molecule has 0 amide bonds. The molecule has 5 heteroatoms. The van der Waals surface area contributed by atoms with Gasteiger partial charge in [-0.15, -0.1) is 0 Å². The highest BCUT2D eigenvalue weighted by molar-refractivity contribution is 5.70. The summed E-state index contributed by atoms with van der Waals surface area (Å²) >= 11 is 0. The number of ether oxygens (including phenoxy) is 3. The van der Waals surface area contributed by atoms with Gasteiger partial charge in [0.15, 0.2) is 6.10 Å². The molecule has 0 aliphatic heterocycles. The lowest BCUT2D eigenvalue weighted by Gasteiger charge is -2.18. The molecular formula is C55H104O5. The Bertz CT molecular complexity index is 913. The zero-order valence-electron chi connectivity index (χ0n) is 40.7. The lowest BCUT2D eigenvalue weighted by atomic mass is 10.0. The van der Waals surface area contributed by atoms with Gasteiger partial charge in [0.05, 0.1) is 6.61 Å². The highest BCUT2D eigenvalue weighted by Gasteiger charge is 2.17. The number of esters is 2. The molecule has 1 atom stereocenters. The third-order valence-corrected chi connectivity index (χ3v) is 12.0. The van der Waals surface area contributed by atoms with Crippen molar-refractivity contribution in [2.75, 3.05) is 19.8 Å². The van der Waals surface area contributed by atoms with Gasteiger partial charge in [0.1, 0.15) is 6.61 Å². The molecule has 0 N–H and O–H groups in total. The Morgan fingerprint density at radius 2 is 0.700 bits per heavy atom. The normalized spacial score (nSPS) is 12.2. The summed E-state index contributed by atoms with van der Waals surface area (Å²) in [4.78, 5) is 25.4. The molecule has 60 heavy (non-hydrogen) atoms. The first-order valence-electron chi connectivity index (χ1n) is 26.9.